The van der Waals surface area contributed by atoms with Crippen LogP contribution in [0.1, 0.15) is 30.5 Å². The fourth-order valence-electron chi connectivity index (χ4n) is 3.58. The molecule has 164 valence electrons. The summed E-state index contributed by atoms with van der Waals surface area (Å²) in [4.78, 5) is 18.1. The molecule has 1 N–H and O–H groups in total. The number of fused-ring (bicyclic) bond motifs is 1. The number of benzene rings is 1. The van der Waals surface area contributed by atoms with Crippen LogP contribution in [0.25, 0.3) is 6.08 Å². The third-order valence-electron chi connectivity index (χ3n) is 5.08. The van der Waals surface area contributed by atoms with E-state index >= 15 is 0 Å². The number of nitrogens with zero attached hydrogens (tertiary/aromatic N) is 2. The van der Waals surface area contributed by atoms with Gasteiger partial charge in [0.05, 0.1) is 0 Å². The Bertz CT molecular complexity index is 986. The van der Waals surface area contributed by atoms with E-state index in [1.807, 2.05) is 4.90 Å². The predicted molar refractivity (Wildman–Crippen MR) is 110 cm³/mol. The van der Waals surface area contributed by atoms with E-state index in [0.29, 0.717) is 49.1 Å². The summed E-state index contributed by atoms with van der Waals surface area (Å²) in [6.45, 7) is 2.18. The number of halogens is 3. The lowest BCUT2D eigenvalue weighted by Crippen LogP contribution is -2.31. The second-order valence-corrected chi connectivity index (χ2v) is 7.34. The number of ether oxygens (including phenoxy) is 2. The lowest BCUT2D eigenvalue weighted by atomic mass is 10.1. The molecule has 0 bridgehead atoms. The van der Waals surface area contributed by atoms with Gasteiger partial charge in [0.25, 0.3) is 0 Å². The number of anilines is 2. The number of pyridine rings is 1. The van der Waals surface area contributed by atoms with Crippen LogP contribution in [0.4, 0.5) is 24.7 Å². The number of piperidine rings is 1. The highest BCUT2D eigenvalue weighted by Crippen LogP contribution is 2.33. The van der Waals surface area contributed by atoms with Crippen molar-refractivity contribution in [2.24, 2.45) is 0 Å². The Balaban J connectivity index is 1.52. The first-order chi connectivity index (χ1) is 14.9. The molecule has 4 rings (SSSR count). The zero-order valence-electron chi connectivity index (χ0n) is 16.7. The van der Waals surface area contributed by atoms with Crippen molar-refractivity contribution in [1.82, 2.24) is 4.98 Å². The normalized spacial score (nSPS) is 16.4. The second kappa shape index (κ2) is 8.87. The molecule has 2 aliphatic heterocycles. The number of amides is 1. The number of carbonyl (C=O) groups is 1. The number of hydrogen-bond donors (Lipinski definition) is 1. The number of carbonyl (C=O) groups excluding carboxylic acids is 1. The number of aromatic nitrogens is 1. The molecular weight excluding hydrogens is 411 g/mol. The molecule has 0 spiro atoms. The summed E-state index contributed by atoms with van der Waals surface area (Å²) in [5.74, 6) is 0.994. The molecule has 2 aromatic rings. The molecule has 1 fully saturated rings. The standard InChI is InChI=1S/C22H22F3N3O3/c23-22(24,25)19-8-4-15(21(27-19)28-10-2-1-3-11-28)5-9-20(29)26-16-6-7-17-18(14-16)31-13-12-30-17/h4-9,14H,1-3,10-13H2,(H,26,29)/b9-5+. The number of alkyl halides is 3. The van der Waals surface area contributed by atoms with E-state index in [9.17, 15) is 18.0 Å². The molecule has 9 heteroatoms. The van der Waals surface area contributed by atoms with Crippen LogP contribution in [-0.2, 0) is 11.0 Å². The highest BCUT2D eigenvalue weighted by Gasteiger charge is 2.33. The molecule has 3 heterocycles. The minimum Gasteiger partial charge on any atom is -0.486 e. The number of rotatable bonds is 4. The zero-order valence-corrected chi connectivity index (χ0v) is 16.7. The molecule has 31 heavy (non-hydrogen) atoms. The van der Waals surface area contributed by atoms with Gasteiger partial charge in [-0.05, 0) is 49.6 Å². The Morgan fingerprint density at radius 1 is 1.03 bits per heavy atom. The van der Waals surface area contributed by atoms with Gasteiger partial charge in [0.2, 0.25) is 5.91 Å². The maximum Gasteiger partial charge on any atom is 0.433 e. The topological polar surface area (TPSA) is 63.7 Å². The maximum atomic E-state index is 13.2. The molecule has 0 saturated carbocycles. The second-order valence-electron chi connectivity index (χ2n) is 7.34. The first-order valence-corrected chi connectivity index (χ1v) is 10.1. The van der Waals surface area contributed by atoms with E-state index in [1.165, 1.54) is 18.2 Å². The van der Waals surface area contributed by atoms with E-state index in [-0.39, 0.29) is 5.82 Å². The van der Waals surface area contributed by atoms with Crippen molar-refractivity contribution in [1.29, 1.82) is 0 Å². The number of nitrogens with one attached hydrogen (secondary N) is 1. The Labute approximate surface area is 177 Å². The third kappa shape index (κ3) is 5.10. The Morgan fingerprint density at radius 3 is 2.52 bits per heavy atom. The summed E-state index contributed by atoms with van der Waals surface area (Å²) in [6, 6.07) is 7.36. The molecule has 0 radical (unpaired) electrons. The molecule has 1 saturated heterocycles. The average molecular weight is 433 g/mol. The van der Waals surface area contributed by atoms with Crippen LogP contribution >= 0.6 is 0 Å². The smallest absolute Gasteiger partial charge is 0.433 e. The Hall–Kier alpha value is -3.23. The summed E-state index contributed by atoms with van der Waals surface area (Å²) in [7, 11) is 0. The van der Waals surface area contributed by atoms with Crippen LogP contribution in [0.5, 0.6) is 11.5 Å². The molecule has 1 aromatic carbocycles. The third-order valence-corrected chi connectivity index (χ3v) is 5.08. The van der Waals surface area contributed by atoms with Gasteiger partial charge in [0.15, 0.2) is 11.5 Å². The largest absolute Gasteiger partial charge is 0.486 e. The molecule has 0 unspecified atom stereocenters. The van der Waals surface area contributed by atoms with Gasteiger partial charge in [-0.1, -0.05) is 0 Å². The van der Waals surface area contributed by atoms with Gasteiger partial charge in [-0.25, -0.2) is 4.98 Å². The van der Waals surface area contributed by atoms with Crippen molar-refractivity contribution >= 4 is 23.5 Å². The summed E-state index contributed by atoms with van der Waals surface area (Å²) < 4.78 is 50.4. The van der Waals surface area contributed by atoms with Crippen LogP contribution < -0.4 is 19.7 Å². The SMILES string of the molecule is O=C(/C=C/c1ccc(C(F)(F)F)nc1N1CCCCC1)Nc1ccc2c(c1)OCCO2. The summed E-state index contributed by atoms with van der Waals surface area (Å²) >= 11 is 0. The molecule has 1 amide bonds. The van der Waals surface area contributed by atoms with E-state index in [2.05, 4.69) is 10.3 Å². The van der Waals surface area contributed by atoms with Crippen molar-refractivity contribution in [3.63, 3.8) is 0 Å². The van der Waals surface area contributed by atoms with E-state index in [0.717, 1.165) is 25.3 Å². The van der Waals surface area contributed by atoms with Gasteiger partial charge in [-0.3, -0.25) is 4.79 Å². The fourth-order valence-corrected chi connectivity index (χ4v) is 3.58. The molecule has 0 atom stereocenters. The first-order valence-electron chi connectivity index (χ1n) is 10.1. The van der Waals surface area contributed by atoms with Gasteiger partial charge in [0, 0.05) is 36.5 Å². The van der Waals surface area contributed by atoms with Crippen molar-refractivity contribution in [2.75, 3.05) is 36.5 Å². The lowest BCUT2D eigenvalue weighted by Gasteiger charge is -2.29. The van der Waals surface area contributed by atoms with Crippen molar-refractivity contribution < 1.29 is 27.4 Å². The maximum absolute atomic E-state index is 13.2. The van der Waals surface area contributed by atoms with Gasteiger partial charge >= 0.3 is 6.18 Å². The van der Waals surface area contributed by atoms with Gasteiger partial charge in [-0.2, -0.15) is 13.2 Å². The minimum atomic E-state index is -4.53. The predicted octanol–water partition coefficient (Wildman–Crippen LogP) is 4.51. The van der Waals surface area contributed by atoms with Gasteiger partial charge < -0.3 is 19.7 Å². The Kier molecular flexibility index (Phi) is 6.01. The molecule has 0 aliphatic carbocycles. The highest BCUT2D eigenvalue weighted by molar-refractivity contribution is 6.02. The number of hydrogen-bond acceptors (Lipinski definition) is 5. The Morgan fingerprint density at radius 2 is 1.77 bits per heavy atom. The van der Waals surface area contributed by atoms with Crippen LogP contribution in [-0.4, -0.2) is 37.2 Å². The summed E-state index contributed by atoms with van der Waals surface area (Å²) in [5.41, 5.74) is 0.0545. The quantitative estimate of drug-likeness (QED) is 0.719. The molecule has 2 aliphatic rings. The monoisotopic (exact) mass is 433 g/mol. The van der Waals surface area contributed by atoms with Crippen molar-refractivity contribution in [2.45, 2.75) is 25.4 Å². The van der Waals surface area contributed by atoms with Gasteiger partial charge in [-0.15, -0.1) is 0 Å². The fraction of sp³-hybridized carbons (Fsp3) is 0.364. The van der Waals surface area contributed by atoms with E-state index in [4.69, 9.17) is 9.47 Å². The zero-order chi connectivity index (χ0) is 21.8. The van der Waals surface area contributed by atoms with Crippen LogP contribution in [0.2, 0.25) is 0 Å². The average Bonchev–Trinajstić information content (AvgIpc) is 2.77. The molecule has 1 aromatic heterocycles. The van der Waals surface area contributed by atoms with Gasteiger partial charge in [0.1, 0.15) is 24.7 Å². The van der Waals surface area contributed by atoms with E-state index in [1.54, 1.807) is 18.2 Å². The van der Waals surface area contributed by atoms with Crippen LogP contribution in [0.3, 0.4) is 0 Å². The van der Waals surface area contributed by atoms with Crippen molar-refractivity contribution in [3.05, 3.63) is 47.7 Å². The first kappa shape index (κ1) is 21.0. The molecule has 6 nitrogen and oxygen atoms in total. The highest BCUT2D eigenvalue weighted by atomic mass is 19.4. The van der Waals surface area contributed by atoms with Crippen molar-refractivity contribution in [3.8, 4) is 11.5 Å². The summed E-state index contributed by atoms with van der Waals surface area (Å²) in [5, 5.41) is 2.72. The van der Waals surface area contributed by atoms with E-state index < -0.39 is 17.8 Å². The van der Waals surface area contributed by atoms with Crippen LogP contribution in [0.15, 0.2) is 36.4 Å². The lowest BCUT2D eigenvalue weighted by molar-refractivity contribution is -0.141. The van der Waals surface area contributed by atoms with Crippen LogP contribution in [0, 0.1) is 0 Å². The molecular formula is C22H22F3N3O3. The minimum absolute atomic E-state index is 0.248. The summed E-state index contributed by atoms with van der Waals surface area (Å²) in [6.07, 6.45) is 1.08.